The van der Waals surface area contributed by atoms with Crippen molar-refractivity contribution in [1.82, 2.24) is 0 Å². The minimum absolute atomic E-state index is 0.199. The van der Waals surface area contributed by atoms with E-state index < -0.39 is 24.6 Å². The molecule has 0 heterocycles. The first-order valence-electron chi connectivity index (χ1n) is 8.51. The van der Waals surface area contributed by atoms with E-state index in [1.54, 1.807) is 32.9 Å². The number of rotatable bonds is 6. The van der Waals surface area contributed by atoms with Gasteiger partial charge in [-0.2, -0.15) is 0 Å². The number of anilines is 1. The molecular weight excluding hydrogens is 352 g/mol. The van der Waals surface area contributed by atoms with Crippen LogP contribution in [0.1, 0.15) is 26.3 Å². The van der Waals surface area contributed by atoms with Crippen LogP contribution in [0, 0.1) is 5.82 Å². The lowest BCUT2D eigenvalue weighted by Crippen LogP contribution is -2.32. The Kier molecular flexibility index (Phi) is 6.82. The second-order valence-corrected chi connectivity index (χ2v) is 6.98. The van der Waals surface area contributed by atoms with Crippen LogP contribution in [0.25, 0.3) is 0 Å². The Morgan fingerprint density at radius 2 is 1.81 bits per heavy atom. The van der Waals surface area contributed by atoms with Gasteiger partial charge < -0.3 is 19.5 Å². The molecule has 27 heavy (non-hydrogen) atoms. The summed E-state index contributed by atoms with van der Waals surface area (Å²) in [6, 6.07) is 11.1. The predicted molar refractivity (Wildman–Crippen MR) is 102 cm³/mol. The standard InChI is InChI=1S/C19H23BFNO5/c1-19(2,3)27-18(23)22-14-6-4-13(5-7-14)10-11-26-15-8-9-16(20(24)25)17(21)12-15/h4-9,12,24-25H,10-11H2,1-3H3,(H,22,23). The zero-order chi connectivity index (χ0) is 20.0. The van der Waals surface area contributed by atoms with Gasteiger partial charge in [0, 0.05) is 23.6 Å². The fraction of sp³-hybridized carbons (Fsp3) is 0.316. The summed E-state index contributed by atoms with van der Waals surface area (Å²) in [5, 5.41) is 20.6. The van der Waals surface area contributed by atoms with Gasteiger partial charge in [-0.05, 0) is 44.5 Å². The molecule has 0 atom stereocenters. The van der Waals surface area contributed by atoms with Crippen LogP contribution < -0.4 is 15.5 Å². The number of ether oxygens (including phenoxy) is 2. The molecule has 144 valence electrons. The van der Waals surface area contributed by atoms with Gasteiger partial charge in [0.25, 0.3) is 0 Å². The maximum atomic E-state index is 13.7. The Bertz CT molecular complexity index is 775. The molecule has 0 aliphatic heterocycles. The molecule has 6 nitrogen and oxygen atoms in total. The summed E-state index contributed by atoms with van der Waals surface area (Å²) in [5.74, 6) is -0.430. The Labute approximate surface area is 158 Å². The van der Waals surface area contributed by atoms with Gasteiger partial charge >= 0.3 is 13.2 Å². The van der Waals surface area contributed by atoms with Crippen molar-refractivity contribution in [1.29, 1.82) is 0 Å². The van der Waals surface area contributed by atoms with Crippen LogP contribution in [-0.4, -0.2) is 35.5 Å². The van der Waals surface area contributed by atoms with E-state index in [9.17, 15) is 9.18 Å². The highest BCUT2D eigenvalue weighted by atomic mass is 19.1. The third-order valence-electron chi connectivity index (χ3n) is 3.51. The molecule has 0 radical (unpaired) electrons. The van der Waals surface area contributed by atoms with Crippen LogP contribution in [0.2, 0.25) is 0 Å². The Hall–Kier alpha value is -2.58. The first kappa shape index (κ1) is 20.7. The second kappa shape index (κ2) is 8.88. The molecule has 8 heteroatoms. The average Bonchev–Trinajstić information content (AvgIpc) is 2.54. The number of hydrogen-bond acceptors (Lipinski definition) is 5. The summed E-state index contributed by atoms with van der Waals surface area (Å²) in [5.41, 5.74) is 0.839. The normalized spacial score (nSPS) is 11.0. The molecule has 2 rings (SSSR count). The third-order valence-corrected chi connectivity index (χ3v) is 3.51. The molecule has 1 amide bonds. The summed E-state index contributed by atoms with van der Waals surface area (Å²) < 4.78 is 24.3. The van der Waals surface area contributed by atoms with E-state index in [1.807, 2.05) is 12.1 Å². The van der Waals surface area contributed by atoms with E-state index in [-0.39, 0.29) is 5.46 Å². The van der Waals surface area contributed by atoms with Crippen LogP contribution in [0.5, 0.6) is 5.75 Å². The van der Waals surface area contributed by atoms with Crippen LogP contribution in [0.15, 0.2) is 42.5 Å². The lowest BCUT2D eigenvalue weighted by molar-refractivity contribution is 0.0636. The summed E-state index contributed by atoms with van der Waals surface area (Å²) >= 11 is 0. The molecule has 0 unspecified atom stereocenters. The summed E-state index contributed by atoms with van der Waals surface area (Å²) in [4.78, 5) is 11.7. The Morgan fingerprint density at radius 3 is 2.37 bits per heavy atom. The number of nitrogens with one attached hydrogen (secondary N) is 1. The van der Waals surface area contributed by atoms with Crippen molar-refractivity contribution in [3.8, 4) is 5.75 Å². The van der Waals surface area contributed by atoms with Crippen LogP contribution in [-0.2, 0) is 11.2 Å². The van der Waals surface area contributed by atoms with Gasteiger partial charge in [-0.25, -0.2) is 9.18 Å². The molecular formula is C19H23BFNO5. The van der Waals surface area contributed by atoms with E-state index in [0.29, 0.717) is 24.5 Å². The quantitative estimate of drug-likeness (QED) is 0.676. The fourth-order valence-corrected chi connectivity index (χ4v) is 2.27. The van der Waals surface area contributed by atoms with Crippen molar-refractivity contribution in [3.63, 3.8) is 0 Å². The topological polar surface area (TPSA) is 88.0 Å². The Balaban J connectivity index is 1.83. The Morgan fingerprint density at radius 1 is 1.15 bits per heavy atom. The van der Waals surface area contributed by atoms with Gasteiger partial charge in [0.15, 0.2) is 0 Å². The lowest BCUT2D eigenvalue weighted by Gasteiger charge is -2.19. The van der Waals surface area contributed by atoms with Gasteiger partial charge in [0.2, 0.25) is 0 Å². The first-order chi connectivity index (χ1) is 12.6. The van der Waals surface area contributed by atoms with Crippen molar-refractivity contribution in [2.24, 2.45) is 0 Å². The molecule has 0 aliphatic rings. The number of halogens is 1. The largest absolute Gasteiger partial charge is 0.493 e. The molecule has 2 aromatic carbocycles. The first-order valence-corrected chi connectivity index (χ1v) is 8.51. The predicted octanol–water partition coefficient (Wildman–Crippen LogP) is 2.47. The molecule has 2 aromatic rings. The highest BCUT2D eigenvalue weighted by Gasteiger charge is 2.17. The number of amides is 1. The van der Waals surface area contributed by atoms with Gasteiger partial charge in [-0.3, -0.25) is 5.32 Å². The number of carbonyl (C=O) groups is 1. The van der Waals surface area contributed by atoms with Gasteiger partial charge in [0.05, 0.1) is 6.61 Å². The van der Waals surface area contributed by atoms with Crippen molar-refractivity contribution in [2.75, 3.05) is 11.9 Å². The van der Waals surface area contributed by atoms with Crippen molar-refractivity contribution >= 4 is 24.4 Å². The van der Waals surface area contributed by atoms with Crippen LogP contribution >= 0.6 is 0 Å². The summed E-state index contributed by atoms with van der Waals surface area (Å²) in [6.45, 7) is 5.70. The molecule has 0 saturated carbocycles. The molecule has 0 spiro atoms. The minimum Gasteiger partial charge on any atom is -0.493 e. The van der Waals surface area contributed by atoms with E-state index >= 15 is 0 Å². The number of benzene rings is 2. The molecule has 0 aromatic heterocycles. The number of carbonyl (C=O) groups excluding carboxylic acids is 1. The maximum Gasteiger partial charge on any atom is 0.491 e. The smallest absolute Gasteiger partial charge is 0.491 e. The minimum atomic E-state index is -1.85. The molecule has 0 fully saturated rings. The van der Waals surface area contributed by atoms with E-state index in [4.69, 9.17) is 19.5 Å². The SMILES string of the molecule is CC(C)(C)OC(=O)Nc1ccc(CCOc2ccc(B(O)O)c(F)c2)cc1. The second-order valence-electron chi connectivity index (χ2n) is 6.98. The highest BCUT2D eigenvalue weighted by Crippen LogP contribution is 2.15. The zero-order valence-corrected chi connectivity index (χ0v) is 15.5. The lowest BCUT2D eigenvalue weighted by atomic mass is 9.80. The summed E-state index contributed by atoms with van der Waals surface area (Å²) in [6.07, 6.45) is 0.0654. The monoisotopic (exact) mass is 375 g/mol. The van der Waals surface area contributed by atoms with Gasteiger partial charge in [-0.1, -0.05) is 18.2 Å². The maximum absolute atomic E-state index is 13.7. The van der Waals surface area contributed by atoms with Crippen molar-refractivity contribution < 1.29 is 28.7 Å². The number of hydrogen-bond donors (Lipinski definition) is 3. The van der Waals surface area contributed by atoms with E-state index in [1.165, 1.54) is 12.1 Å². The average molecular weight is 375 g/mol. The zero-order valence-electron chi connectivity index (χ0n) is 15.5. The highest BCUT2D eigenvalue weighted by molar-refractivity contribution is 6.58. The van der Waals surface area contributed by atoms with Crippen LogP contribution in [0.4, 0.5) is 14.9 Å². The molecule has 0 saturated heterocycles. The van der Waals surface area contributed by atoms with E-state index in [2.05, 4.69) is 5.32 Å². The fourth-order valence-electron chi connectivity index (χ4n) is 2.27. The van der Waals surface area contributed by atoms with Gasteiger partial charge in [0.1, 0.15) is 17.2 Å². The van der Waals surface area contributed by atoms with Crippen molar-refractivity contribution in [2.45, 2.75) is 32.8 Å². The molecule has 3 N–H and O–H groups in total. The van der Waals surface area contributed by atoms with Gasteiger partial charge in [-0.15, -0.1) is 0 Å². The molecule has 0 aliphatic carbocycles. The summed E-state index contributed by atoms with van der Waals surface area (Å²) in [7, 11) is -1.85. The van der Waals surface area contributed by atoms with Crippen LogP contribution in [0.3, 0.4) is 0 Å². The van der Waals surface area contributed by atoms with E-state index in [0.717, 1.165) is 11.6 Å². The molecule has 0 bridgehead atoms. The third kappa shape index (κ3) is 6.92. The van der Waals surface area contributed by atoms with Crippen molar-refractivity contribution in [3.05, 3.63) is 53.8 Å².